The number of H-pyrrole nitrogens is 1. The Hall–Kier alpha value is -4.29. The third-order valence-electron chi connectivity index (χ3n) is 8.79. The fourth-order valence-electron chi connectivity index (χ4n) is 6.39. The molecule has 1 aromatic heterocycles. The van der Waals surface area contributed by atoms with Crippen LogP contribution >= 0.6 is 0 Å². The lowest BCUT2D eigenvalue weighted by atomic mass is 9.98. The summed E-state index contributed by atoms with van der Waals surface area (Å²) >= 11 is 0. The van der Waals surface area contributed by atoms with Crippen molar-refractivity contribution < 1.29 is 28.9 Å². The number of esters is 1. The van der Waals surface area contributed by atoms with Crippen LogP contribution in [0.5, 0.6) is 0 Å². The molecular formula is C35H40N4O7. The number of ether oxygens (including phenoxy) is 3. The Bertz CT molecular complexity index is 1710. The van der Waals surface area contributed by atoms with E-state index in [0.29, 0.717) is 12.1 Å². The Morgan fingerprint density at radius 1 is 1.00 bits per heavy atom. The molecule has 4 aromatic rings. The minimum atomic E-state index is -0.908. The van der Waals surface area contributed by atoms with Crippen LogP contribution in [-0.4, -0.2) is 63.3 Å². The number of aliphatic hydroxyl groups is 1. The highest BCUT2D eigenvalue weighted by Crippen LogP contribution is 2.39. The standard InChI is InChI=1S/C35H40N4O7/c1-22(44-23(2)41)33(42)36-27-13-11-26(12-14-27)34-45-29(19-32(46-34)25-9-7-24(21-40)8-10-25)20-38-17-15-28(16-18-38)39-31-6-4-3-5-30(31)37-35(39)43/h3-14,22,28-29,32,34,40H,15-21H2,1-2H3,(H,36,42)(H,37,43)/t22-,29-,32+,34+/m0/s1. The van der Waals surface area contributed by atoms with E-state index in [2.05, 4.69) is 15.2 Å². The topological polar surface area (TPSA) is 135 Å². The Kier molecular flexibility index (Phi) is 9.64. The summed E-state index contributed by atoms with van der Waals surface area (Å²) in [7, 11) is 0. The zero-order valence-electron chi connectivity index (χ0n) is 26.1. The molecule has 0 saturated carbocycles. The molecule has 3 aromatic carbocycles. The highest BCUT2D eigenvalue weighted by atomic mass is 16.7. The quantitative estimate of drug-likeness (QED) is 0.229. The molecule has 6 rings (SSSR count). The fraction of sp³-hybridized carbons (Fsp3) is 0.400. The average molecular weight is 629 g/mol. The molecular weight excluding hydrogens is 588 g/mol. The van der Waals surface area contributed by atoms with Gasteiger partial charge in [-0.05, 0) is 55.2 Å². The largest absolute Gasteiger partial charge is 0.453 e. The average Bonchev–Trinajstić information content (AvgIpc) is 3.40. The monoisotopic (exact) mass is 628 g/mol. The van der Waals surface area contributed by atoms with Gasteiger partial charge in [0, 0.05) is 50.3 Å². The molecule has 2 fully saturated rings. The van der Waals surface area contributed by atoms with Crippen molar-refractivity contribution in [3.63, 3.8) is 0 Å². The number of rotatable bonds is 9. The molecule has 2 aliphatic heterocycles. The second kappa shape index (κ2) is 14.0. The highest BCUT2D eigenvalue weighted by molar-refractivity contribution is 5.94. The molecule has 0 aliphatic carbocycles. The lowest BCUT2D eigenvalue weighted by Gasteiger charge is -2.40. The van der Waals surface area contributed by atoms with Gasteiger partial charge in [0.05, 0.1) is 29.8 Å². The summed E-state index contributed by atoms with van der Waals surface area (Å²) in [6.45, 7) is 5.18. The Balaban J connectivity index is 1.14. The van der Waals surface area contributed by atoms with Crippen LogP contribution in [0.15, 0.2) is 77.6 Å². The van der Waals surface area contributed by atoms with Crippen molar-refractivity contribution in [2.24, 2.45) is 0 Å². The van der Waals surface area contributed by atoms with Crippen LogP contribution in [0.25, 0.3) is 11.0 Å². The first kappa shape index (κ1) is 31.7. The summed E-state index contributed by atoms with van der Waals surface area (Å²) in [5.41, 5.74) is 4.97. The van der Waals surface area contributed by atoms with Gasteiger partial charge < -0.3 is 34.5 Å². The molecule has 3 heterocycles. The van der Waals surface area contributed by atoms with Crippen molar-refractivity contribution >= 4 is 28.6 Å². The molecule has 0 bridgehead atoms. The summed E-state index contributed by atoms with van der Waals surface area (Å²) < 4.78 is 19.9. The number of aromatic nitrogens is 2. The maximum Gasteiger partial charge on any atom is 0.326 e. The number of aromatic amines is 1. The van der Waals surface area contributed by atoms with Crippen molar-refractivity contribution in [2.75, 3.05) is 25.0 Å². The van der Waals surface area contributed by atoms with Crippen LogP contribution in [-0.2, 0) is 30.4 Å². The van der Waals surface area contributed by atoms with Gasteiger partial charge in [-0.15, -0.1) is 0 Å². The third kappa shape index (κ3) is 7.23. The maximum absolute atomic E-state index is 12.8. The van der Waals surface area contributed by atoms with Crippen molar-refractivity contribution in [1.82, 2.24) is 14.5 Å². The number of likely N-dealkylation sites (tertiary alicyclic amines) is 1. The van der Waals surface area contributed by atoms with Crippen LogP contribution in [0, 0.1) is 0 Å². The summed E-state index contributed by atoms with van der Waals surface area (Å²) in [4.78, 5) is 41.8. The molecule has 0 spiro atoms. The molecule has 2 saturated heterocycles. The fourth-order valence-corrected chi connectivity index (χ4v) is 6.39. The van der Waals surface area contributed by atoms with Gasteiger partial charge in [0.2, 0.25) is 0 Å². The minimum absolute atomic E-state index is 0.0245. The van der Waals surface area contributed by atoms with Crippen LogP contribution in [0.3, 0.4) is 0 Å². The number of amides is 1. The number of carbonyl (C=O) groups excluding carboxylic acids is 2. The van der Waals surface area contributed by atoms with E-state index in [4.69, 9.17) is 14.2 Å². The second-order valence-electron chi connectivity index (χ2n) is 12.1. The van der Waals surface area contributed by atoms with E-state index in [-0.39, 0.29) is 30.5 Å². The van der Waals surface area contributed by atoms with Gasteiger partial charge in [-0.25, -0.2) is 4.79 Å². The summed E-state index contributed by atoms with van der Waals surface area (Å²) in [5, 5.41) is 12.3. The molecule has 11 heteroatoms. The lowest BCUT2D eigenvalue weighted by Crippen LogP contribution is -2.43. The van der Waals surface area contributed by atoms with Gasteiger partial charge in [-0.1, -0.05) is 48.5 Å². The molecule has 4 atom stereocenters. The highest BCUT2D eigenvalue weighted by Gasteiger charge is 2.34. The SMILES string of the molecule is CC(=O)O[C@@H](C)C(=O)Nc1ccc([C@@H]2O[C@H](CN3CCC(n4c(=O)[nH]c5ccccc54)CC3)C[C@H](c3ccc(CO)cc3)O2)cc1. The van der Waals surface area contributed by atoms with E-state index < -0.39 is 24.3 Å². The molecule has 1 amide bonds. The van der Waals surface area contributed by atoms with Gasteiger partial charge in [0.15, 0.2) is 12.4 Å². The van der Waals surface area contributed by atoms with Gasteiger partial charge >= 0.3 is 11.7 Å². The van der Waals surface area contributed by atoms with Gasteiger partial charge in [-0.2, -0.15) is 0 Å². The molecule has 2 aliphatic rings. The van der Waals surface area contributed by atoms with E-state index >= 15 is 0 Å². The predicted molar refractivity (Wildman–Crippen MR) is 172 cm³/mol. The Morgan fingerprint density at radius 2 is 1.70 bits per heavy atom. The van der Waals surface area contributed by atoms with E-state index in [1.165, 1.54) is 13.8 Å². The van der Waals surface area contributed by atoms with Crippen molar-refractivity contribution in [1.29, 1.82) is 0 Å². The van der Waals surface area contributed by atoms with Crippen LogP contribution in [0.2, 0.25) is 0 Å². The zero-order chi connectivity index (χ0) is 32.2. The van der Waals surface area contributed by atoms with Crippen LogP contribution in [0.1, 0.15) is 68.2 Å². The van der Waals surface area contributed by atoms with Gasteiger partial charge in [0.25, 0.3) is 5.91 Å². The molecule has 46 heavy (non-hydrogen) atoms. The van der Waals surface area contributed by atoms with E-state index in [1.54, 1.807) is 12.1 Å². The van der Waals surface area contributed by atoms with Crippen molar-refractivity contribution in [3.8, 4) is 0 Å². The Morgan fingerprint density at radius 3 is 2.39 bits per heavy atom. The number of aliphatic hydroxyl groups excluding tert-OH is 1. The third-order valence-corrected chi connectivity index (χ3v) is 8.79. The van der Waals surface area contributed by atoms with Crippen LogP contribution < -0.4 is 11.0 Å². The number of nitrogens with one attached hydrogen (secondary N) is 2. The number of para-hydroxylation sites is 2. The zero-order valence-corrected chi connectivity index (χ0v) is 26.1. The number of carbonyl (C=O) groups is 2. The van der Waals surface area contributed by atoms with E-state index in [1.807, 2.05) is 65.2 Å². The number of hydrogen-bond acceptors (Lipinski definition) is 8. The molecule has 11 nitrogen and oxygen atoms in total. The predicted octanol–water partition coefficient (Wildman–Crippen LogP) is 4.59. The Labute approximate surface area is 267 Å². The first-order chi connectivity index (χ1) is 22.3. The second-order valence-corrected chi connectivity index (χ2v) is 12.1. The first-order valence-corrected chi connectivity index (χ1v) is 15.8. The van der Waals surface area contributed by atoms with Gasteiger partial charge in [-0.3, -0.25) is 14.2 Å². The smallest absolute Gasteiger partial charge is 0.326 e. The first-order valence-electron chi connectivity index (χ1n) is 15.8. The number of imidazole rings is 1. The summed E-state index contributed by atoms with van der Waals surface area (Å²) in [6, 6.07) is 23.0. The summed E-state index contributed by atoms with van der Waals surface area (Å²) in [5.74, 6) is -0.938. The maximum atomic E-state index is 12.8. The molecule has 242 valence electrons. The van der Waals surface area contributed by atoms with Gasteiger partial charge in [0.1, 0.15) is 0 Å². The molecule has 3 N–H and O–H groups in total. The number of benzene rings is 3. The number of nitrogens with zero attached hydrogens (tertiary/aromatic N) is 2. The number of hydrogen-bond donors (Lipinski definition) is 3. The molecule has 0 radical (unpaired) electrons. The molecule has 0 unspecified atom stereocenters. The number of piperidine rings is 1. The lowest BCUT2D eigenvalue weighted by molar-refractivity contribution is -0.253. The van der Waals surface area contributed by atoms with Crippen molar-refractivity contribution in [2.45, 2.75) is 70.4 Å². The number of anilines is 1. The normalized spacial score (nSPS) is 21.6. The van der Waals surface area contributed by atoms with E-state index in [0.717, 1.165) is 60.2 Å². The van der Waals surface area contributed by atoms with E-state index in [9.17, 15) is 19.5 Å². The van der Waals surface area contributed by atoms with Crippen molar-refractivity contribution in [3.05, 3.63) is 100.0 Å². The summed E-state index contributed by atoms with van der Waals surface area (Å²) in [6.07, 6.45) is 0.523. The minimum Gasteiger partial charge on any atom is -0.453 e. The number of fused-ring (bicyclic) bond motifs is 1. The van der Waals surface area contributed by atoms with Crippen LogP contribution in [0.4, 0.5) is 5.69 Å².